The molecule has 0 saturated heterocycles. The fourth-order valence-electron chi connectivity index (χ4n) is 0.265. The van der Waals surface area contributed by atoms with Crippen LogP contribution in [-0.2, 0) is 31.8 Å². The highest BCUT2D eigenvalue weighted by atomic mass is 32.3. The molecule has 1 aliphatic rings. The largest absolute Gasteiger partial charge is 0.345 e. The van der Waals surface area contributed by atoms with Crippen molar-refractivity contribution in [1.82, 2.24) is 4.13 Å². The molecule has 0 aliphatic carbocycles. The van der Waals surface area contributed by atoms with Crippen molar-refractivity contribution in [3.63, 3.8) is 0 Å². The maximum Gasteiger partial charge on any atom is 0.345 e. The van der Waals surface area contributed by atoms with Crippen molar-refractivity contribution in [2.24, 2.45) is 7.54 Å². The van der Waals surface area contributed by atoms with Crippen molar-refractivity contribution >= 4 is 31.8 Å². The third kappa shape index (κ3) is 1.83. The van der Waals surface area contributed by atoms with Gasteiger partial charge in [-0.2, -0.15) is 16.8 Å². The Morgan fingerprint density at radius 2 is 1.40 bits per heavy atom. The zero-order valence-corrected chi connectivity index (χ0v) is 6.70. The minimum Gasteiger partial charge on any atom is -0.185 e. The van der Waals surface area contributed by atoms with Crippen LogP contribution in [0.2, 0.25) is 0 Å². The molecule has 7 nitrogen and oxygen atoms in total. The van der Waals surface area contributed by atoms with E-state index in [1.54, 1.807) is 0 Å². The van der Waals surface area contributed by atoms with Gasteiger partial charge in [0.15, 0.2) is 0 Å². The van der Waals surface area contributed by atoms with Crippen molar-refractivity contribution < 1.29 is 16.8 Å². The Kier molecular flexibility index (Phi) is 1.62. The number of rotatable bonds is 0. The predicted molar refractivity (Wildman–Crippen MR) is 33.2 cm³/mol. The molecule has 0 atom stereocenters. The second-order valence-corrected chi connectivity index (χ2v) is 5.19. The van der Waals surface area contributed by atoms with Crippen molar-refractivity contribution in [3.8, 4) is 0 Å². The first-order valence-corrected chi connectivity index (χ1v) is 5.42. The van der Waals surface area contributed by atoms with E-state index < -0.39 is 20.4 Å². The Labute approximate surface area is 60.7 Å². The van der Waals surface area contributed by atoms with Gasteiger partial charge in [-0.25, -0.2) is 0 Å². The predicted octanol–water partition coefficient (Wildman–Crippen LogP) is -1.47. The highest BCUT2D eigenvalue weighted by molar-refractivity contribution is 8.08. The summed E-state index contributed by atoms with van der Waals surface area (Å²) in [5, 5.41) is 0. The van der Waals surface area contributed by atoms with E-state index in [2.05, 4.69) is 7.54 Å². The zero-order valence-electron chi connectivity index (χ0n) is 4.25. The van der Waals surface area contributed by atoms with Crippen molar-refractivity contribution in [1.29, 1.82) is 0 Å². The van der Waals surface area contributed by atoms with E-state index in [0.717, 1.165) is 0 Å². The van der Waals surface area contributed by atoms with Crippen LogP contribution in [-0.4, -0.2) is 16.8 Å². The number of hydrogen-bond acceptors (Lipinski definition) is 4. The molecule has 0 saturated carbocycles. The van der Waals surface area contributed by atoms with Crippen LogP contribution < -0.4 is 4.13 Å². The van der Waals surface area contributed by atoms with Gasteiger partial charge in [0, 0.05) is 0 Å². The lowest BCUT2D eigenvalue weighted by Gasteiger charge is -1.97. The molecule has 1 rings (SSSR count). The summed E-state index contributed by atoms with van der Waals surface area (Å²) in [5.74, 6) is 0. The van der Waals surface area contributed by atoms with Gasteiger partial charge in [0.25, 0.3) is 0 Å². The van der Waals surface area contributed by atoms with Crippen molar-refractivity contribution in [3.05, 3.63) is 0 Å². The van der Waals surface area contributed by atoms with Gasteiger partial charge in [-0.15, -0.1) is 0 Å². The summed E-state index contributed by atoms with van der Waals surface area (Å²) >= 11 is 0.120. The molecule has 10 heteroatoms. The van der Waals surface area contributed by atoms with Gasteiger partial charge in [0.2, 0.25) is 0 Å². The minimum atomic E-state index is -4.03. The van der Waals surface area contributed by atoms with Crippen LogP contribution in [0.4, 0.5) is 0 Å². The van der Waals surface area contributed by atoms with Gasteiger partial charge < -0.3 is 0 Å². The third-order valence-corrected chi connectivity index (χ3v) is 4.26. The van der Waals surface area contributed by atoms with Crippen LogP contribution in [0.3, 0.4) is 0 Å². The summed E-state index contributed by atoms with van der Waals surface area (Å²) in [6.45, 7) is 0. The van der Waals surface area contributed by atoms with Gasteiger partial charge in [-0.05, 0) is 0 Å². The summed E-state index contributed by atoms with van der Waals surface area (Å²) in [6, 6.07) is 0. The van der Waals surface area contributed by atoms with Gasteiger partial charge in [0.1, 0.15) is 0 Å². The Morgan fingerprint density at radius 3 is 1.60 bits per heavy atom. The maximum atomic E-state index is 10.3. The molecule has 0 amide bonds. The summed E-state index contributed by atoms with van der Waals surface area (Å²) in [7, 11) is -8.07. The Balaban J connectivity index is 3.42. The van der Waals surface area contributed by atoms with E-state index >= 15 is 0 Å². The first-order chi connectivity index (χ1) is 4.41. The third-order valence-electron chi connectivity index (χ3n) is 0.474. The summed E-state index contributed by atoms with van der Waals surface area (Å²) in [5.41, 5.74) is 0. The molecule has 0 aromatic carbocycles. The van der Waals surface area contributed by atoms with Crippen LogP contribution >= 0.6 is 0 Å². The average molecular weight is 203 g/mol. The minimum absolute atomic E-state index is 0.120. The van der Waals surface area contributed by atoms with Crippen LogP contribution in [0.5, 0.6) is 0 Å². The molecule has 1 heterocycles. The number of nitrogens with zero attached hydrogens (tertiary/aromatic N) is 2. The van der Waals surface area contributed by atoms with Gasteiger partial charge in [0.05, 0.1) is 11.4 Å². The average Bonchev–Trinajstić information content (AvgIpc) is 1.56. The molecule has 1 aliphatic heterocycles. The Hall–Kier alpha value is -0.320. The molecule has 0 fully saturated rings. The van der Waals surface area contributed by atoms with E-state index in [0.29, 0.717) is 0 Å². The molecule has 0 unspecified atom stereocenters. The fourth-order valence-corrected chi connectivity index (χ4v) is 3.18. The molecule has 0 radical (unpaired) electrons. The number of nitrogens with one attached hydrogen (secondary N) is 1. The van der Waals surface area contributed by atoms with Crippen LogP contribution in [0.1, 0.15) is 0 Å². The second-order valence-electron chi connectivity index (χ2n) is 1.26. The number of hydrogen-bond donors (Lipinski definition) is 1. The molecule has 1 N–H and O–H groups in total. The van der Waals surface area contributed by atoms with E-state index in [-0.39, 0.29) is 11.4 Å². The lowest BCUT2D eigenvalue weighted by molar-refractivity contribution is 0.579. The topological polar surface area (TPSA) is 105 Å². The molecule has 58 valence electrons. The lowest BCUT2D eigenvalue weighted by Crippen LogP contribution is -2.28. The van der Waals surface area contributed by atoms with Gasteiger partial charge in [-0.3, -0.25) is 0 Å². The molecular formula is HN3O4S3. The molecule has 0 spiro atoms. The zero-order chi connectivity index (χ0) is 7.83. The first-order valence-electron chi connectivity index (χ1n) is 1.81. The Bertz CT molecular complexity index is 355. The van der Waals surface area contributed by atoms with E-state index in [9.17, 15) is 16.8 Å². The van der Waals surface area contributed by atoms with Crippen LogP contribution in [0, 0.1) is 0 Å². The van der Waals surface area contributed by atoms with Crippen molar-refractivity contribution in [2.75, 3.05) is 0 Å². The standard InChI is InChI=1S/HN3O4S3/c4-9(5)1-8-2-10(6,7)3-9/h3H. The van der Waals surface area contributed by atoms with Gasteiger partial charge >= 0.3 is 20.4 Å². The molecule has 0 aromatic heterocycles. The highest BCUT2D eigenvalue weighted by Gasteiger charge is 2.21. The SMILES string of the molecule is O=S1(=O)N=S=NS(=O)(=O)N1. The quantitative estimate of drug-likeness (QED) is 0.518. The summed E-state index contributed by atoms with van der Waals surface area (Å²) < 4.78 is 48.1. The lowest BCUT2D eigenvalue weighted by atomic mass is 13.8. The van der Waals surface area contributed by atoms with Crippen molar-refractivity contribution in [2.45, 2.75) is 0 Å². The van der Waals surface area contributed by atoms with Gasteiger partial charge in [-0.1, -0.05) is 11.7 Å². The van der Waals surface area contributed by atoms with E-state index in [1.165, 1.54) is 4.13 Å². The first kappa shape index (κ1) is 7.78. The van der Waals surface area contributed by atoms with E-state index in [1.807, 2.05) is 0 Å². The fraction of sp³-hybridized carbons (Fsp3) is 0. The molecule has 10 heavy (non-hydrogen) atoms. The normalized spacial score (nSPS) is 27.2. The molecule has 0 aromatic rings. The summed E-state index contributed by atoms with van der Waals surface area (Å²) in [4.78, 5) is 0. The monoisotopic (exact) mass is 203 g/mol. The molecular weight excluding hydrogens is 202 g/mol. The highest BCUT2D eigenvalue weighted by Crippen LogP contribution is 1.97. The maximum absolute atomic E-state index is 10.3. The van der Waals surface area contributed by atoms with Crippen LogP contribution in [0.25, 0.3) is 0 Å². The van der Waals surface area contributed by atoms with Crippen LogP contribution in [0.15, 0.2) is 7.54 Å². The molecule has 0 bridgehead atoms. The summed E-state index contributed by atoms with van der Waals surface area (Å²) in [6.07, 6.45) is 0. The Morgan fingerprint density at radius 1 is 1.00 bits per heavy atom. The second kappa shape index (κ2) is 2.08. The smallest absolute Gasteiger partial charge is 0.185 e. The van der Waals surface area contributed by atoms with E-state index in [4.69, 9.17) is 0 Å².